The summed E-state index contributed by atoms with van der Waals surface area (Å²) in [6.07, 6.45) is 3.42. The van der Waals surface area contributed by atoms with Gasteiger partial charge in [-0.05, 0) is 18.6 Å². The Balaban J connectivity index is 2.41. The Morgan fingerprint density at radius 2 is 1.94 bits per heavy atom. The van der Waals surface area contributed by atoms with E-state index in [0.29, 0.717) is 0 Å². The minimum Gasteiger partial charge on any atom is -0.495 e. The molecule has 1 aromatic heterocycles. The zero-order valence-electron chi connectivity index (χ0n) is 10.6. The highest BCUT2D eigenvalue weighted by molar-refractivity contribution is 5.40. The summed E-state index contributed by atoms with van der Waals surface area (Å²) in [6, 6.07) is 10.0. The van der Waals surface area contributed by atoms with Gasteiger partial charge in [-0.15, -0.1) is 0 Å². The summed E-state index contributed by atoms with van der Waals surface area (Å²) in [4.78, 5) is 4.05. The Labute approximate surface area is 107 Å². The maximum atomic E-state index is 5.67. The number of rotatable bonds is 4. The van der Waals surface area contributed by atoms with E-state index in [9.17, 15) is 0 Å². The molecule has 2 aromatic rings. The maximum Gasteiger partial charge on any atom is 0.142 e. The van der Waals surface area contributed by atoms with Crippen LogP contribution in [0.15, 0.2) is 42.7 Å². The lowest BCUT2D eigenvalue weighted by Gasteiger charge is -2.19. The number of pyridine rings is 1. The quantitative estimate of drug-likeness (QED) is 0.636. The number of hydrogen-bond acceptors (Lipinski definition) is 4. The molecule has 0 saturated heterocycles. The lowest BCUT2D eigenvalue weighted by atomic mass is 9.98. The second-order valence-corrected chi connectivity index (χ2v) is 4.13. The van der Waals surface area contributed by atoms with Crippen molar-refractivity contribution < 1.29 is 4.74 Å². The topological polar surface area (TPSA) is 60.2 Å². The number of nitrogens with one attached hydrogen (secondary N) is 1. The van der Waals surface area contributed by atoms with Gasteiger partial charge in [0, 0.05) is 11.8 Å². The predicted molar refractivity (Wildman–Crippen MR) is 71.1 cm³/mol. The number of hydrazine groups is 1. The van der Waals surface area contributed by atoms with E-state index in [1.807, 2.05) is 6.07 Å². The maximum absolute atomic E-state index is 5.67. The Morgan fingerprint density at radius 1 is 1.22 bits per heavy atom. The number of methoxy groups -OCH3 is 1. The molecular weight excluding hydrogens is 226 g/mol. The summed E-state index contributed by atoms with van der Waals surface area (Å²) in [5.41, 5.74) is 6.10. The van der Waals surface area contributed by atoms with Gasteiger partial charge >= 0.3 is 0 Å². The molecule has 94 valence electrons. The Bertz CT molecular complexity index is 511. The first-order valence-electron chi connectivity index (χ1n) is 5.77. The SMILES string of the molecule is COc1cnccc1C(NN)c1ccc(C)cc1. The van der Waals surface area contributed by atoms with Crippen LogP contribution in [0.4, 0.5) is 0 Å². The van der Waals surface area contributed by atoms with Crippen LogP contribution in [0.25, 0.3) is 0 Å². The standard InChI is InChI=1S/C14H17N3O/c1-10-3-5-11(6-4-10)14(17-15)12-7-8-16-9-13(12)18-2/h3-9,14,17H,15H2,1-2H3. The van der Waals surface area contributed by atoms with Crippen molar-refractivity contribution in [1.29, 1.82) is 0 Å². The zero-order chi connectivity index (χ0) is 13.0. The number of aryl methyl sites for hydroxylation is 1. The predicted octanol–water partition coefficient (Wildman–Crippen LogP) is 1.95. The number of benzene rings is 1. The molecule has 4 heteroatoms. The van der Waals surface area contributed by atoms with Gasteiger partial charge in [0.2, 0.25) is 0 Å². The fourth-order valence-corrected chi connectivity index (χ4v) is 1.92. The average Bonchev–Trinajstić information content (AvgIpc) is 2.42. The Kier molecular flexibility index (Phi) is 3.92. The molecule has 0 saturated carbocycles. The van der Waals surface area contributed by atoms with E-state index in [1.165, 1.54) is 5.56 Å². The van der Waals surface area contributed by atoms with Crippen LogP contribution in [0.2, 0.25) is 0 Å². The van der Waals surface area contributed by atoms with Gasteiger partial charge in [0.1, 0.15) is 5.75 Å². The second kappa shape index (κ2) is 5.62. The van der Waals surface area contributed by atoms with Crippen LogP contribution in [-0.2, 0) is 0 Å². The van der Waals surface area contributed by atoms with Crippen molar-refractivity contribution in [1.82, 2.24) is 10.4 Å². The molecule has 0 radical (unpaired) electrons. The van der Waals surface area contributed by atoms with Gasteiger partial charge in [-0.3, -0.25) is 10.8 Å². The molecule has 18 heavy (non-hydrogen) atoms. The third-order valence-corrected chi connectivity index (χ3v) is 2.92. The molecule has 1 aromatic carbocycles. The van der Waals surface area contributed by atoms with E-state index in [-0.39, 0.29) is 6.04 Å². The minimum absolute atomic E-state index is 0.108. The molecule has 0 aliphatic carbocycles. The van der Waals surface area contributed by atoms with Crippen molar-refractivity contribution in [3.8, 4) is 5.75 Å². The highest BCUT2D eigenvalue weighted by Crippen LogP contribution is 2.28. The first-order chi connectivity index (χ1) is 8.76. The van der Waals surface area contributed by atoms with Crippen LogP contribution in [-0.4, -0.2) is 12.1 Å². The summed E-state index contributed by atoms with van der Waals surface area (Å²) in [6.45, 7) is 2.06. The average molecular weight is 243 g/mol. The van der Waals surface area contributed by atoms with Gasteiger partial charge in [0.25, 0.3) is 0 Å². The van der Waals surface area contributed by atoms with Crippen LogP contribution in [0.3, 0.4) is 0 Å². The van der Waals surface area contributed by atoms with Crippen molar-refractivity contribution in [2.75, 3.05) is 7.11 Å². The van der Waals surface area contributed by atoms with Crippen molar-refractivity contribution in [3.05, 3.63) is 59.4 Å². The molecule has 0 aliphatic heterocycles. The van der Waals surface area contributed by atoms with E-state index in [0.717, 1.165) is 16.9 Å². The fourth-order valence-electron chi connectivity index (χ4n) is 1.92. The first kappa shape index (κ1) is 12.5. The second-order valence-electron chi connectivity index (χ2n) is 4.13. The molecule has 0 bridgehead atoms. The van der Waals surface area contributed by atoms with Gasteiger partial charge in [0.15, 0.2) is 0 Å². The zero-order valence-corrected chi connectivity index (χ0v) is 10.6. The smallest absolute Gasteiger partial charge is 0.142 e. The Morgan fingerprint density at radius 3 is 2.56 bits per heavy atom. The van der Waals surface area contributed by atoms with E-state index in [4.69, 9.17) is 10.6 Å². The van der Waals surface area contributed by atoms with Gasteiger partial charge in [-0.2, -0.15) is 0 Å². The normalized spacial score (nSPS) is 12.2. The number of nitrogens with two attached hydrogens (primary N) is 1. The molecule has 0 aliphatic rings. The molecule has 1 unspecified atom stereocenters. The van der Waals surface area contributed by atoms with Crippen molar-refractivity contribution >= 4 is 0 Å². The van der Waals surface area contributed by atoms with Crippen molar-refractivity contribution in [3.63, 3.8) is 0 Å². The van der Waals surface area contributed by atoms with Crippen molar-refractivity contribution in [2.24, 2.45) is 5.84 Å². The molecule has 2 rings (SSSR count). The van der Waals surface area contributed by atoms with Crippen LogP contribution < -0.4 is 16.0 Å². The lowest BCUT2D eigenvalue weighted by Crippen LogP contribution is -2.29. The molecule has 0 spiro atoms. The van der Waals surface area contributed by atoms with E-state index in [2.05, 4.69) is 41.6 Å². The molecular formula is C14H17N3O. The number of aromatic nitrogens is 1. The van der Waals surface area contributed by atoms with Crippen molar-refractivity contribution in [2.45, 2.75) is 13.0 Å². The molecule has 1 atom stereocenters. The first-order valence-corrected chi connectivity index (χ1v) is 5.77. The van der Waals surface area contributed by atoms with Gasteiger partial charge in [-0.25, -0.2) is 5.43 Å². The van der Waals surface area contributed by atoms with E-state index in [1.54, 1.807) is 19.5 Å². The minimum atomic E-state index is -0.108. The van der Waals surface area contributed by atoms with Gasteiger partial charge < -0.3 is 4.74 Å². The van der Waals surface area contributed by atoms with Crippen LogP contribution in [0.1, 0.15) is 22.7 Å². The van der Waals surface area contributed by atoms with Crippen LogP contribution >= 0.6 is 0 Å². The Hall–Kier alpha value is -1.91. The monoisotopic (exact) mass is 243 g/mol. The summed E-state index contributed by atoms with van der Waals surface area (Å²) >= 11 is 0. The van der Waals surface area contributed by atoms with Gasteiger partial charge in [-0.1, -0.05) is 29.8 Å². The molecule has 3 N–H and O–H groups in total. The third kappa shape index (κ3) is 2.50. The summed E-state index contributed by atoms with van der Waals surface area (Å²) < 4.78 is 5.32. The summed E-state index contributed by atoms with van der Waals surface area (Å²) in [5.74, 6) is 6.40. The highest BCUT2D eigenvalue weighted by Gasteiger charge is 2.16. The summed E-state index contributed by atoms with van der Waals surface area (Å²) in [5, 5.41) is 0. The summed E-state index contributed by atoms with van der Waals surface area (Å²) in [7, 11) is 1.63. The third-order valence-electron chi connectivity index (χ3n) is 2.92. The highest BCUT2D eigenvalue weighted by atomic mass is 16.5. The van der Waals surface area contributed by atoms with Crippen LogP contribution in [0.5, 0.6) is 5.75 Å². The number of ether oxygens (including phenoxy) is 1. The molecule has 0 amide bonds. The van der Waals surface area contributed by atoms with E-state index < -0.39 is 0 Å². The number of hydrogen-bond donors (Lipinski definition) is 2. The molecule has 0 fully saturated rings. The fraction of sp³-hybridized carbons (Fsp3) is 0.214. The lowest BCUT2D eigenvalue weighted by molar-refractivity contribution is 0.402. The van der Waals surface area contributed by atoms with E-state index >= 15 is 0 Å². The van der Waals surface area contributed by atoms with Crippen LogP contribution in [0, 0.1) is 6.92 Å². The largest absolute Gasteiger partial charge is 0.495 e. The molecule has 4 nitrogen and oxygen atoms in total. The molecule has 1 heterocycles. The number of nitrogens with zero attached hydrogens (tertiary/aromatic N) is 1. The van der Waals surface area contributed by atoms with Gasteiger partial charge in [0.05, 0.1) is 19.3 Å².